The van der Waals surface area contributed by atoms with Crippen LogP contribution in [0.2, 0.25) is 0 Å². The van der Waals surface area contributed by atoms with Crippen LogP contribution in [0.25, 0.3) is 0 Å². The summed E-state index contributed by atoms with van der Waals surface area (Å²) >= 11 is 6.12. The Morgan fingerprint density at radius 1 is 0.850 bits per heavy atom. The van der Waals surface area contributed by atoms with Gasteiger partial charge in [0.15, 0.2) is 23.0 Å². The summed E-state index contributed by atoms with van der Waals surface area (Å²) < 4.78 is 22.6. The number of fused-ring (bicyclic) bond motifs is 4. The van der Waals surface area contributed by atoms with Crippen molar-refractivity contribution >= 4 is 29.9 Å². The Bertz CT molecular complexity index is 1210. The van der Waals surface area contributed by atoms with Crippen molar-refractivity contribution in [3.05, 3.63) is 46.5 Å². The monoisotopic (exact) mass is 592 g/mol. The van der Waals surface area contributed by atoms with E-state index < -0.39 is 0 Å². The Labute approximate surface area is 249 Å². The van der Waals surface area contributed by atoms with Gasteiger partial charge in [-0.1, -0.05) is 13.3 Å². The van der Waals surface area contributed by atoms with Crippen LogP contribution in [0.5, 0.6) is 23.0 Å². The molecule has 3 heterocycles. The van der Waals surface area contributed by atoms with Crippen LogP contribution in [0.1, 0.15) is 60.5 Å². The largest absolute Gasteiger partial charge is 0.493 e. The molecule has 3 aliphatic rings. The van der Waals surface area contributed by atoms with Gasteiger partial charge in [0.05, 0.1) is 34.5 Å². The number of benzene rings is 2. The van der Waals surface area contributed by atoms with E-state index in [4.69, 9.17) is 30.5 Å². The zero-order chi connectivity index (χ0) is 27.7. The Morgan fingerprint density at radius 3 is 1.98 bits per heavy atom. The second kappa shape index (κ2) is 13.1. The van der Waals surface area contributed by atoms with Crippen molar-refractivity contribution in [2.75, 3.05) is 54.0 Å². The van der Waals surface area contributed by atoms with Gasteiger partial charge in [0.1, 0.15) is 5.88 Å². The zero-order valence-electron chi connectivity index (χ0n) is 24.2. The van der Waals surface area contributed by atoms with Gasteiger partial charge in [-0.05, 0) is 84.0 Å². The molecule has 0 N–H and O–H groups in total. The van der Waals surface area contributed by atoms with Crippen molar-refractivity contribution < 1.29 is 23.7 Å². The number of ether oxygens (including phenoxy) is 4. The lowest BCUT2D eigenvalue weighted by molar-refractivity contribution is -0.132. The number of nitrogens with zero attached hydrogens (tertiary/aromatic N) is 2. The number of carbonyl (C=O) groups is 1. The minimum Gasteiger partial charge on any atom is -0.493 e. The second-order valence-electron chi connectivity index (χ2n) is 11.0. The zero-order valence-corrected chi connectivity index (χ0v) is 25.8. The van der Waals surface area contributed by atoms with Crippen LogP contribution in [0.4, 0.5) is 0 Å². The summed E-state index contributed by atoms with van der Waals surface area (Å²) in [5.74, 6) is 4.00. The van der Waals surface area contributed by atoms with Gasteiger partial charge in [0.25, 0.3) is 0 Å². The fourth-order valence-corrected chi connectivity index (χ4v) is 7.35. The van der Waals surface area contributed by atoms with Crippen LogP contribution in [0.3, 0.4) is 0 Å². The van der Waals surface area contributed by atoms with Gasteiger partial charge < -0.3 is 23.8 Å². The van der Waals surface area contributed by atoms with Crippen LogP contribution >= 0.6 is 24.0 Å². The molecule has 2 aromatic rings. The standard InChI is InChI=1S/C31H41ClN2O5.ClH/c1-6-19-18-33-9-7-20-13-27(36-2)29(38-4)15-23(20)25(33)11-22(19)12-26-24-16-30(39-5)28(37-3)14-21(24)8-10-34(26)31(35)17-32;/h13-16,19,22,25-26H,6-12,17-18H2,1-5H3;1H. The first-order chi connectivity index (χ1) is 19.0. The van der Waals surface area contributed by atoms with Crippen molar-refractivity contribution in [1.29, 1.82) is 0 Å². The van der Waals surface area contributed by atoms with E-state index in [1.54, 1.807) is 28.4 Å². The molecule has 0 spiro atoms. The van der Waals surface area contributed by atoms with Gasteiger partial charge in [0.2, 0.25) is 5.91 Å². The average Bonchev–Trinajstić information content (AvgIpc) is 2.98. The Kier molecular flexibility index (Phi) is 10.0. The fraction of sp³-hybridized carbons (Fsp3) is 0.581. The highest BCUT2D eigenvalue weighted by atomic mass is 35.5. The third-order valence-electron chi connectivity index (χ3n) is 9.26. The van der Waals surface area contributed by atoms with Crippen molar-refractivity contribution in [2.45, 2.75) is 51.1 Å². The second-order valence-corrected chi connectivity index (χ2v) is 11.2. The van der Waals surface area contributed by atoms with Gasteiger partial charge in [-0.15, -0.1) is 24.0 Å². The summed E-state index contributed by atoms with van der Waals surface area (Å²) in [7, 11) is 6.73. The molecule has 1 fully saturated rings. The van der Waals surface area contributed by atoms with Crippen LogP contribution in [-0.2, 0) is 17.6 Å². The van der Waals surface area contributed by atoms with Gasteiger partial charge in [-0.2, -0.15) is 0 Å². The lowest BCUT2D eigenvalue weighted by atomic mass is 9.72. The van der Waals surface area contributed by atoms with E-state index in [0.29, 0.717) is 30.2 Å². The van der Waals surface area contributed by atoms with Gasteiger partial charge in [0, 0.05) is 25.7 Å². The first-order valence-corrected chi connectivity index (χ1v) is 14.6. The highest BCUT2D eigenvalue weighted by Gasteiger charge is 2.42. The van der Waals surface area contributed by atoms with E-state index >= 15 is 0 Å². The molecule has 4 unspecified atom stereocenters. The molecular weight excluding hydrogens is 551 g/mol. The van der Waals surface area contributed by atoms with Crippen LogP contribution < -0.4 is 18.9 Å². The molecule has 7 nitrogen and oxygen atoms in total. The average molecular weight is 594 g/mol. The summed E-state index contributed by atoms with van der Waals surface area (Å²) in [4.78, 5) is 17.7. The molecule has 0 radical (unpaired) electrons. The molecule has 9 heteroatoms. The SMILES string of the molecule is CCC1CN2CCc3cc(OC)c(OC)cc3C2CC1CC1c2cc(OC)c(OC)cc2CCN1C(=O)CCl.Cl. The maximum Gasteiger partial charge on any atom is 0.238 e. The Hall–Kier alpha value is -2.35. The summed E-state index contributed by atoms with van der Waals surface area (Å²) in [6.07, 6.45) is 4.85. The highest BCUT2D eigenvalue weighted by Crippen LogP contribution is 2.49. The quantitative estimate of drug-likeness (QED) is 0.359. The summed E-state index contributed by atoms with van der Waals surface area (Å²) in [6.45, 7) is 5.08. The van der Waals surface area contributed by atoms with E-state index in [1.165, 1.54) is 16.7 Å². The minimum absolute atomic E-state index is 0. The number of amides is 1. The van der Waals surface area contributed by atoms with E-state index in [0.717, 1.165) is 68.0 Å². The third-order valence-corrected chi connectivity index (χ3v) is 9.49. The molecule has 3 aliphatic heterocycles. The first-order valence-electron chi connectivity index (χ1n) is 14.0. The topological polar surface area (TPSA) is 60.5 Å². The number of piperidine rings is 1. The van der Waals surface area contributed by atoms with Crippen molar-refractivity contribution in [2.24, 2.45) is 11.8 Å². The number of hydrogen-bond acceptors (Lipinski definition) is 6. The van der Waals surface area contributed by atoms with E-state index in [2.05, 4.69) is 36.1 Å². The maximum absolute atomic E-state index is 13.1. The fourth-order valence-electron chi connectivity index (χ4n) is 7.20. The van der Waals surface area contributed by atoms with E-state index in [1.807, 2.05) is 4.90 Å². The Balaban J connectivity index is 0.00000370. The maximum atomic E-state index is 13.1. The molecule has 0 aliphatic carbocycles. The van der Waals surface area contributed by atoms with E-state index in [-0.39, 0.29) is 30.2 Å². The molecular formula is C31H42Cl2N2O5. The van der Waals surface area contributed by atoms with E-state index in [9.17, 15) is 4.79 Å². The minimum atomic E-state index is -0.0427. The lowest BCUT2D eigenvalue weighted by Gasteiger charge is -2.49. The van der Waals surface area contributed by atoms with Crippen molar-refractivity contribution in [3.8, 4) is 23.0 Å². The van der Waals surface area contributed by atoms with Gasteiger partial charge in [-0.3, -0.25) is 9.69 Å². The lowest BCUT2D eigenvalue weighted by Crippen LogP contribution is -2.48. The van der Waals surface area contributed by atoms with Crippen molar-refractivity contribution in [3.63, 3.8) is 0 Å². The number of methoxy groups -OCH3 is 4. The number of carbonyl (C=O) groups excluding carboxylic acids is 1. The molecule has 4 atom stereocenters. The molecule has 0 bridgehead atoms. The number of rotatable bonds is 8. The normalized spacial score (nSPS) is 23.7. The molecule has 5 rings (SSSR count). The third kappa shape index (κ3) is 5.57. The van der Waals surface area contributed by atoms with Crippen LogP contribution in [-0.4, -0.2) is 69.7 Å². The van der Waals surface area contributed by atoms with Gasteiger partial charge in [-0.25, -0.2) is 0 Å². The predicted octanol–water partition coefficient (Wildman–Crippen LogP) is 5.84. The van der Waals surface area contributed by atoms with Crippen molar-refractivity contribution in [1.82, 2.24) is 9.80 Å². The smallest absolute Gasteiger partial charge is 0.238 e. The van der Waals surface area contributed by atoms with Gasteiger partial charge >= 0.3 is 0 Å². The summed E-state index contributed by atoms with van der Waals surface area (Å²) in [5, 5.41) is 0. The molecule has 0 saturated carbocycles. The molecule has 220 valence electrons. The Morgan fingerprint density at radius 2 is 1.40 bits per heavy atom. The van der Waals surface area contributed by atoms with Crippen LogP contribution in [0.15, 0.2) is 24.3 Å². The van der Waals surface area contributed by atoms with Crippen LogP contribution in [0, 0.1) is 11.8 Å². The molecule has 2 aromatic carbocycles. The molecule has 0 aromatic heterocycles. The molecule has 1 amide bonds. The number of halogens is 2. The highest BCUT2D eigenvalue weighted by molar-refractivity contribution is 6.27. The number of alkyl halides is 1. The summed E-state index contributed by atoms with van der Waals surface area (Å²) in [5.41, 5.74) is 5.08. The molecule has 40 heavy (non-hydrogen) atoms. The predicted molar refractivity (Wildman–Crippen MR) is 160 cm³/mol. The first kappa shape index (κ1) is 30.6. The summed E-state index contributed by atoms with van der Waals surface area (Å²) in [6, 6.07) is 8.79. The molecule has 1 saturated heterocycles. The number of hydrogen-bond donors (Lipinski definition) is 0.